The summed E-state index contributed by atoms with van der Waals surface area (Å²) in [6.07, 6.45) is 0.555. The minimum atomic E-state index is -0.539. The van der Waals surface area contributed by atoms with Crippen molar-refractivity contribution in [3.63, 3.8) is 0 Å². The average Bonchev–Trinajstić information content (AvgIpc) is 2.32. The van der Waals surface area contributed by atoms with Gasteiger partial charge in [0.05, 0.1) is 5.02 Å². The van der Waals surface area contributed by atoms with Crippen LogP contribution in [0.1, 0.15) is 10.4 Å². The minimum Gasteiger partial charge on any atom is -0.456 e. The van der Waals surface area contributed by atoms with E-state index in [1.807, 2.05) is 0 Å². The summed E-state index contributed by atoms with van der Waals surface area (Å²) >= 11 is 9.24. The Balaban J connectivity index is 2.33. The lowest BCUT2D eigenvalue weighted by Crippen LogP contribution is -1.89. The van der Waals surface area contributed by atoms with E-state index in [0.29, 0.717) is 17.1 Å². The topological polar surface area (TPSA) is 26.3 Å². The van der Waals surface area contributed by atoms with Crippen molar-refractivity contribution in [1.29, 1.82) is 0 Å². The first kappa shape index (κ1) is 13.1. The van der Waals surface area contributed by atoms with Gasteiger partial charge in [0, 0.05) is 16.1 Å². The maximum absolute atomic E-state index is 13.2. The summed E-state index contributed by atoms with van der Waals surface area (Å²) in [6.45, 7) is 0. The molecule has 92 valence electrons. The molecule has 5 heteroatoms. The van der Waals surface area contributed by atoms with Crippen LogP contribution in [0.15, 0.2) is 40.9 Å². The van der Waals surface area contributed by atoms with E-state index in [4.69, 9.17) is 16.3 Å². The van der Waals surface area contributed by atoms with Gasteiger partial charge in [-0.25, -0.2) is 4.39 Å². The molecule has 2 aromatic carbocycles. The largest absolute Gasteiger partial charge is 0.456 e. The van der Waals surface area contributed by atoms with Crippen molar-refractivity contribution < 1.29 is 13.9 Å². The molecular formula is C13H7BrClFO2. The van der Waals surface area contributed by atoms with Crippen LogP contribution in [0.4, 0.5) is 4.39 Å². The zero-order valence-electron chi connectivity index (χ0n) is 8.99. The van der Waals surface area contributed by atoms with Gasteiger partial charge in [-0.15, -0.1) is 0 Å². The summed E-state index contributed by atoms with van der Waals surface area (Å²) in [5.74, 6) is 0.0754. The molecule has 0 aliphatic carbocycles. The van der Waals surface area contributed by atoms with E-state index in [1.54, 1.807) is 18.2 Å². The second-order valence-corrected chi connectivity index (χ2v) is 4.84. The van der Waals surface area contributed by atoms with Crippen LogP contribution in [0.25, 0.3) is 0 Å². The normalized spacial score (nSPS) is 10.2. The Kier molecular flexibility index (Phi) is 3.99. The van der Waals surface area contributed by atoms with Gasteiger partial charge in [-0.3, -0.25) is 4.79 Å². The van der Waals surface area contributed by atoms with Crippen LogP contribution in [0.3, 0.4) is 0 Å². The molecule has 0 atom stereocenters. The zero-order valence-corrected chi connectivity index (χ0v) is 11.3. The molecule has 18 heavy (non-hydrogen) atoms. The third-order valence-corrected chi connectivity index (χ3v) is 2.94. The highest BCUT2D eigenvalue weighted by molar-refractivity contribution is 9.10. The summed E-state index contributed by atoms with van der Waals surface area (Å²) < 4.78 is 19.5. The van der Waals surface area contributed by atoms with E-state index in [0.717, 1.165) is 10.5 Å². The smallest absolute Gasteiger partial charge is 0.150 e. The van der Waals surface area contributed by atoms with Gasteiger partial charge in [-0.05, 0) is 30.3 Å². The second-order valence-electron chi connectivity index (χ2n) is 3.51. The molecule has 0 heterocycles. The Morgan fingerprint density at radius 2 is 2.00 bits per heavy atom. The van der Waals surface area contributed by atoms with Crippen LogP contribution in [0, 0.1) is 5.82 Å². The predicted molar refractivity (Wildman–Crippen MR) is 71.0 cm³/mol. The van der Waals surface area contributed by atoms with Gasteiger partial charge in [-0.1, -0.05) is 27.5 Å². The molecule has 0 N–H and O–H groups in total. The van der Waals surface area contributed by atoms with E-state index in [2.05, 4.69) is 15.9 Å². The fraction of sp³-hybridized carbons (Fsp3) is 0. The lowest BCUT2D eigenvalue weighted by Gasteiger charge is -2.08. The molecule has 2 nitrogen and oxygen atoms in total. The molecule has 0 unspecified atom stereocenters. The zero-order chi connectivity index (χ0) is 13.1. The number of hydrogen-bond donors (Lipinski definition) is 0. The number of hydrogen-bond acceptors (Lipinski definition) is 2. The van der Waals surface area contributed by atoms with E-state index >= 15 is 0 Å². The van der Waals surface area contributed by atoms with Crippen LogP contribution in [0.2, 0.25) is 5.02 Å². The molecule has 0 fully saturated rings. The maximum atomic E-state index is 13.2. The van der Waals surface area contributed by atoms with Crippen molar-refractivity contribution in [3.05, 3.63) is 57.3 Å². The SMILES string of the molecule is O=Cc1cc(F)cc(Oc2ccc(Br)cc2Cl)c1. The van der Waals surface area contributed by atoms with Crippen molar-refractivity contribution in [1.82, 2.24) is 0 Å². The number of aldehydes is 1. The third kappa shape index (κ3) is 3.09. The second kappa shape index (κ2) is 5.50. The van der Waals surface area contributed by atoms with Crippen LogP contribution >= 0.6 is 27.5 Å². The van der Waals surface area contributed by atoms with Crippen LogP contribution in [-0.4, -0.2) is 6.29 Å². The average molecular weight is 330 g/mol. The van der Waals surface area contributed by atoms with Crippen LogP contribution < -0.4 is 4.74 Å². The Morgan fingerprint density at radius 1 is 1.22 bits per heavy atom. The van der Waals surface area contributed by atoms with E-state index in [1.165, 1.54) is 12.1 Å². The highest BCUT2D eigenvalue weighted by atomic mass is 79.9. The van der Waals surface area contributed by atoms with Gasteiger partial charge in [0.25, 0.3) is 0 Å². The van der Waals surface area contributed by atoms with Gasteiger partial charge in [0.2, 0.25) is 0 Å². The molecule has 2 rings (SSSR count). The number of halogens is 3. The minimum absolute atomic E-state index is 0.207. The Hall–Kier alpha value is -1.39. The number of carbonyl (C=O) groups excluding carboxylic acids is 1. The van der Waals surface area contributed by atoms with Gasteiger partial charge >= 0.3 is 0 Å². The number of carbonyl (C=O) groups is 1. The van der Waals surface area contributed by atoms with Crippen molar-refractivity contribution in [2.24, 2.45) is 0 Å². The van der Waals surface area contributed by atoms with Crippen LogP contribution in [-0.2, 0) is 0 Å². The Bertz CT molecular complexity index is 602. The molecule has 0 spiro atoms. The summed E-state index contributed by atoms with van der Waals surface area (Å²) in [4.78, 5) is 10.6. The molecule has 2 aromatic rings. The molecule has 0 radical (unpaired) electrons. The number of benzene rings is 2. The standard InChI is InChI=1S/C13H7BrClFO2/c14-9-1-2-13(12(15)5-9)18-11-4-8(7-17)3-10(16)6-11/h1-7H. The van der Waals surface area contributed by atoms with Gasteiger partial charge in [0.15, 0.2) is 0 Å². The Morgan fingerprint density at radius 3 is 2.67 bits per heavy atom. The summed E-state index contributed by atoms with van der Waals surface area (Å²) in [5.41, 5.74) is 0.207. The van der Waals surface area contributed by atoms with Gasteiger partial charge in [0.1, 0.15) is 23.6 Å². The lowest BCUT2D eigenvalue weighted by atomic mass is 10.2. The first-order valence-corrected chi connectivity index (χ1v) is 6.14. The monoisotopic (exact) mass is 328 g/mol. The molecule has 0 aromatic heterocycles. The molecule has 0 saturated carbocycles. The number of rotatable bonds is 3. The fourth-order valence-corrected chi connectivity index (χ4v) is 2.11. The van der Waals surface area contributed by atoms with Crippen molar-refractivity contribution >= 4 is 33.8 Å². The fourth-order valence-electron chi connectivity index (χ4n) is 1.40. The first-order valence-electron chi connectivity index (χ1n) is 4.97. The highest BCUT2D eigenvalue weighted by Crippen LogP contribution is 2.32. The number of ether oxygens (including phenoxy) is 1. The van der Waals surface area contributed by atoms with E-state index < -0.39 is 5.82 Å². The maximum Gasteiger partial charge on any atom is 0.150 e. The van der Waals surface area contributed by atoms with Crippen molar-refractivity contribution in [2.75, 3.05) is 0 Å². The molecule has 0 amide bonds. The third-order valence-electron chi connectivity index (χ3n) is 2.15. The summed E-state index contributed by atoms with van der Waals surface area (Å²) in [6, 6.07) is 8.82. The molecule has 0 aliphatic rings. The van der Waals surface area contributed by atoms with Gasteiger partial charge < -0.3 is 4.74 Å². The molecular weight excluding hydrogens is 322 g/mol. The molecule has 0 bridgehead atoms. The first-order chi connectivity index (χ1) is 8.58. The quantitative estimate of drug-likeness (QED) is 0.753. The van der Waals surface area contributed by atoms with Crippen LogP contribution in [0.5, 0.6) is 11.5 Å². The summed E-state index contributed by atoms with van der Waals surface area (Å²) in [7, 11) is 0. The lowest BCUT2D eigenvalue weighted by molar-refractivity contribution is 0.112. The predicted octanol–water partition coefficient (Wildman–Crippen LogP) is 4.85. The van der Waals surface area contributed by atoms with E-state index in [9.17, 15) is 9.18 Å². The molecule has 0 aliphatic heterocycles. The van der Waals surface area contributed by atoms with E-state index in [-0.39, 0.29) is 11.3 Å². The Labute approximate surface area is 116 Å². The molecule has 0 saturated heterocycles. The van der Waals surface area contributed by atoms with Crippen molar-refractivity contribution in [2.45, 2.75) is 0 Å². The van der Waals surface area contributed by atoms with Gasteiger partial charge in [-0.2, -0.15) is 0 Å². The van der Waals surface area contributed by atoms with Crippen molar-refractivity contribution in [3.8, 4) is 11.5 Å². The summed E-state index contributed by atoms with van der Waals surface area (Å²) in [5, 5.41) is 0.390. The highest BCUT2D eigenvalue weighted by Gasteiger charge is 2.06.